The minimum Gasteiger partial charge on any atom is -0.395 e. The third kappa shape index (κ3) is 3.37. The molecule has 0 aliphatic heterocycles. The summed E-state index contributed by atoms with van der Waals surface area (Å²) in [5, 5.41) is 17.3. The van der Waals surface area contributed by atoms with Crippen LogP contribution in [0.4, 0.5) is 0 Å². The molecule has 0 unspecified atom stereocenters. The van der Waals surface area contributed by atoms with Crippen molar-refractivity contribution in [1.82, 2.24) is 4.90 Å². The first-order valence-electron chi connectivity index (χ1n) is 5.01. The molecule has 4 nitrogen and oxygen atoms in total. The Morgan fingerprint density at radius 3 is 2.56 bits per heavy atom. The molecule has 1 N–H and O–H groups in total. The molecule has 0 fully saturated rings. The Morgan fingerprint density at radius 2 is 2.06 bits per heavy atom. The highest BCUT2D eigenvalue weighted by molar-refractivity contribution is 5.78. The van der Waals surface area contributed by atoms with Gasteiger partial charge in [-0.2, -0.15) is 5.26 Å². The predicted molar refractivity (Wildman–Crippen MR) is 59.6 cm³/mol. The molecule has 0 radical (unpaired) electrons. The second-order valence-corrected chi connectivity index (χ2v) is 3.52. The van der Waals surface area contributed by atoms with E-state index in [0.29, 0.717) is 18.5 Å². The number of carbonyl (C=O) groups is 1. The first-order valence-corrected chi connectivity index (χ1v) is 5.01. The first-order chi connectivity index (χ1) is 7.67. The maximum atomic E-state index is 11.6. The normalized spacial score (nSPS) is 9.56. The molecule has 1 aromatic carbocycles. The summed E-state index contributed by atoms with van der Waals surface area (Å²) < 4.78 is 0. The number of amides is 1. The van der Waals surface area contributed by atoms with Crippen molar-refractivity contribution in [2.24, 2.45) is 0 Å². The van der Waals surface area contributed by atoms with Gasteiger partial charge in [0, 0.05) is 13.6 Å². The van der Waals surface area contributed by atoms with Gasteiger partial charge >= 0.3 is 0 Å². The van der Waals surface area contributed by atoms with Gasteiger partial charge in [0.25, 0.3) is 0 Å². The van der Waals surface area contributed by atoms with E-state index in [4.69, 9.17) is 10.4 Å². The fourth-order valence-electron chi connectivity index (χ4n) is 1.28. The van der Waals surface area contributed by atoms with E-state index in [0.717, 1.165) is 5.56 Å². The summed E-state index contributed by atoms with van der Waals surface area (Å²) in [5.41, 5.74) is 1.45. The Hall–Kier alpha value is -1.86. The first kappa shape index (κ1) is 12.2. The Bertz CT molecular complexity index is 392. The van der Waals surface area contributed by atoms with Crippen LogP contribution in [0, 0.1) is 11.3 Å². The van der Waals surface area contributed by atoms with Crippen LogP contribution in [0.3, 0.4) is 0 Å². The van der Waals surface area contributed by atoms with Gasteiger partial charge in [-0.05, 0) is 17.7 Å². The van der Waals surface area contributed by atoms with Crippen LogP contribution in [0.1, 0.15) is 11.1 Å². The van der Waals surface area contributed by atoms with Crippen molar-refractivity contribution < 1.29 is 9.90 Å². The number of aliphatic hydroxyl groups is 1. The van der Waals surface area contributed by atoms with Gasteiger partial charge in [-0.3, -0.25) is 4.79 Å². The van der Waals surface area contributed by atoms with Crippen molar-refractivity contribution in [1.29, 1.82) is 5.26 Å². The van der Waals surface area contributed by atoms with Crippen molar-refractivity contribution in [3.8, 4) is 6.07 Å². The van der Waals surface area contributed by atoms with Gasteiger partial charge in [0.1, 0.15) is 0 Å². The van der Waals surface area contributed by atoms with Crippen molar-refractivity contribution in [3.05, 3.63) is 35.4 Å². The summed E-state index contributed by atoms with van der Waals surface area (Å²) in [7, 11) is 1.65. The molecule has 0 bridgehead atoms. The van der Waals surface area contributed by atoms with Crippen LogP contribution >= 0.6 is 0 Å². The largest absolute Gasteiger partial charge is 0.395 e. The highest BCUT2D eigenvalue weighted by atomic mass is 16.3. The lowest BCUT2D eigenvalue weighted by Gasteiger charge is -2.15. The number of carbonyl (C=O) groups excluding carboxylic acids is 1. The van der Waals surface area contributed by atoms with Gasteiger partial charge in [0.05, 0.1) is 24.7 Å². The zero-order chi connectivity index (χ0) is 12.0. The quantitative estimate of drug-likeness (QED) is 0.802. The van der Waals surface area contributed by atoms with Gasteiger partial charge in [0.2, 0.25) is 5.91 Å². The van der Waals surface area contributed by atoms with E-state index in [2.05, 4.69) is 0 Å². The van der Waals surface area contributed by atoms with E-state index < -0.39 is 0 Å². The van der Waals surface area contributed by atoms with E-state index in [1.54, 1.807) is 31.3 Å². The molecule has 1 amide bonds. The minimum atomic E-state index is -0.0428. The third-order valence-electron chi connectivity index (χ3n) is 2.30. The van der Waals surface area contributed by atoms with E-state index in [1.807, 2.05) is 6.07 Å². The maximum Gasteiger partial charge on any atom is 0.226 e. The Morgan fingerprint density at radius 1 is 1.44 bits per heavy atom. The Balaban J connectivity index is 2.60. The molecule has 1 rings (SSSR count). The summed E-state index contributed by atoms with van der Waals surface area (Å²) in [5.74, 6) is -0.0428. The predicted octanol–water partition coefficient (Wildman–Crippen LogP) is 0.551. The molecular weight excluding hydrogens is 204 g/mol. The number of hydrogen-bond acceptors (Lipinski definition) is 3. The zero-order valence-corrected chi connectivity index (χ0v) is 9.18. The summed E-state index contributed by atoms with van der Waals surface area (Å²) in [6.45, 7) is 0.310. The van der Waals surface area contributed by atoms with E-state index in [-0.39, 0.29) is 12.5 Å². The molecule has 1 aromatic rings. The number of hydrogen-bond donors (Lipinski definition) is 1. The molecule has 16 heavy (non-hydrogen) atoms. The molecule has 0 aromatic heterocycles. The zero-order valence-electron chi connectivity index (χ0n) is 9.18. The van der Waals surface area contributed by atoms with Crippen LogP contribution in [0.25, 0.3) is 0 Å². The number of likely N-dealkylation sites (N-methyl/N-ethyl adjacent to an activating group) is 1. The van der Waals surface area contributed by atoms with Crippen LogP contribution in [0.15, 0.2) is 24.3 Å². The fourth-order valence-corrected chi connectivity index (χ4v) is 1.28. The molecule has 0 heterocycles. The highest BCUT2D eigenvalue weighted by Gasteiger charge is 2.08. The van der Waals surface area contributed by atoms with Gasteiger partial charge in [-0.25, -0.2) is 0 Å². The molecule has 0 aliphatic rings. The molecule has 4 heteroatoms. The molecule has 0 atom stereocenters. The van der Waals surface area contributed by atoms with Crippen molar-refractivity contribution in [2.75, 3.05) is 20.2 Å². The topological polar surface area (TPSA) is 64.3 Å². The molecule has 0 saturated heterocycles. The minimum absolute atomic E-state index is 0.0321. The highest BCUT2D eigenvalue weighted by Crippen LogP contribution is 2.05. The SMILES string of the molecule is CN(CCO)C(=O)Cc1ccc(C#N)cc1. The van der Waals surface area contributed by atoms with Gasteiger partial charge in [-0.15, -0.1) is 0 Å². The van der Waals surface area contributed by atoms with Crippen LogP contribution in [-0.2, 0) is 11.2 Å². The summed E-state index contributed by atoms with van der Waals surface area (Å²) in [6, 6.07) is 8.93. The number of nitriles is 1. The smallest absolute Gasteiger partial charge is 0.226 e. The van der Waals surface area contributed by atoms with E-state index in [1.165, 1.54) is 4.90 Å². The molecule has 0 aliphatic carbocycles. The fraction of sp³-hybridized carbons (Fsp3) is 0.333. The van der Waals surface area contributed by atoms with Crippen LogP contribution in [0.5, 0.6) is 0 Å². The maximum absolute atomic E-state index is 11.6. The van der Waals surface area contributed by atoms with Gasteiger partial charge in [-0.1, -0.05) is 12.1 Å². The van der Waals surface area contributed by atoms with Crippen molar-refractivity contribution in [2.45, 2.75) is 6.42 Å². The van der Waals surface area contributed by atoms with E-state index in [9.17, 15) is 4.79 Å². The average Bonchev–Trinajstić information content (AvgIpc) is 2.30. The Labute approximate surface area is 94.7 Å². The number of benzene rings is 1. The average molecular weight is 218 g/mol. The lowest BCUT2D eigenvalue weighted by Crippen LogP contribution is -2.30. The summed E-state index contributed by atoms with van der Waals surface area (Å²) >= 11 is 0. The molecule has 0 spiro atoms. The molecular formula is C12H14N2O2. The molecule has 0 saturated carbocycles. The van der Waals surface area contributed by atoms with Crippen molar-refractivity contribution >= 4 is 5.91 Å². The number of rotatable bonds is 4. The lowest BCUT2D eigenvalue weighted by atomic mass is 10.1. The monoisotopic (exact) mass is 218 g/mol. The van der Waals surface area contributed by atoms with Crippen molar-refractivity contribution in [3.63, 3.8) is 0 Å². The number of aliphatic hydroxyl groups excluding tert-OH is 1. The summed E-state index contributed by atoms with van der Waals surface area (Å²) in [6.07, 6.45) is 0.294. The van der Waals surface area contributed by atoms with Crippen LogP contribution in [-0.4, -0.2) is 36.1 Å². The summed E-state index contributed by atoms with van der Waals surface area (Å²) in [4.78, 5) is 13.1. The van der Waals surface area contributed by atoms with Crippen LogP contribution in [0.2, 0.25) is 0 Å². The second-order valence-electron chi connectivity index (χ2n) is 3.52. The van der Waals surface area contributed by atoms with Crippen LogP contribution < -0.4 is 0 Å². The standard InChI is InChI=1S/C12H14N2O2/c1-14(6-7-15)12(16)8-10-2-4-11(9-13)5-3-10/h2-5,15H,6-8H2,1H3. The lowest BCUT2D eigenvalue weighted by molar-refractivity contribution is -0.129. The number of nitrogens with zero attached hydrogens (tertiary/aromatic N) is 2. The van der Waals surface area contributed by atoms with Gasteiger partial charge in [0.15, 0.2) is 0 Å². The Kier molecular flexibility index (Phi) is 4.49. The third-order valence-corrected chi connectivity index (χ3v) is 2.30. The van der Waals surface area contributed by atoms with Gasteiger partial charge < -0.3 is 10.0 Å². The van der Waals surface area contributed by atoms with E-state index >= 15 is 0 Å². The second kappa shape index (κ2) is 5.89. The molecule has 84 valence electrons.